The van der Waals surface area contributed by atoms with E-state index in [1.54, 1.807) is 18.9 Å². The lowest BCUT2D eigenvalue weighted by atomic mass is 10.1. The molecule has 0 unspecified atom stereocenters. The smallest absolute Gasteiger partial charge is 0.223 e. The lowest BCUT2D eigenvalue weighted by molar-refractivity contribution is 0.411. The molecule has 4 nitrogen and oxygen atoms in total. The molecule has 0 amide bonds. The highest BCUT2D eigenvalue weighted by Crippen LogP contribution is 2.27. The molecule has 5 heteroatoms. The van der Waals surface area contributed by atoms with Crippen molar-refractivity contribution in [1.82, 2.24) is 9.97 Å². The number of aromatic nitrogens is 2. The number of benzene rings is 2. The summed E-state index contributed by atoms with van der Waals surface area (Å²) in [4.78, 5) is 9.18. The van der Waals surface area contributed by atoms with E-state index in [1.165, 1.54) is 11.1 Å². The van der Waals surface area contributed by atoms with Crippen LogP contribution in [-0.4, -0.2) is 17.1 Å². The summed E-state index contributed by atoms with van der Waals surface area (Å²) in [5.41, 5.74) is 3.54. The van der Waals surface area contributed by atoms with Gasteiger partial charge in [0.15, 0.2) is 5.16 Å². The molecule has 0 aliphatic carbocycles. The fourth-order valence-corrected chi connectivity index (χ4v) is 3.37. The molecule has 26 heavy (non-hydrogen) atoms. The molecule has 0 saturated heterocycles. The molecule has 3 rings (SSSR count). The largest absolute Gasteiger partial charge is 0.497 e. The predicted octanol–water partition coefficient (Wildman–Crippen LogP) is 5.44. The molecule has 0 spiro atoms. The Hall–Kier alpha value is -2.53. The third-order valence-corrected chi connectivity index (χ3v) is 4.89. The predicted molar refractivity (Wildman–Crippen MR) is 105 cm³/mol. The fraction of sp³-hybridized carbons (Fsp3) is 0.238. The van der Waals surface area contributed by atoms with Crippen LogP contribution in [0.4, 0.5) is 0 Å². The fourth-order valence-electron chi connectivity index (χ4n) is 2.43. The highest BCUT2D eigenvalue weighted by atomic mass is 32.2. The van der Waals surface area contributed by atoms with Gasteiger partial charge in [-0.15, -0.1) is 0 Å². The van der Waals surface area contributed by atoms with Gasteiger partial charge in [-0.25, -0.2) is 4.98 Å². The first-order chi connectivity index (χ1) is 12.7. The Balaban J connectivity index is 1.76. The maximum Gasteiger partial charge on any atom is 0.223 e. The second-order valence-electron chi connectivity index (χ2n) is 5.83. The van der Waals surface area contributed by atoms with Gasteiger partial charge in [0.1, 0.15) is 11.5 Å². The molecule has 0 aliphatic heterocycles. The van der Waals surface area contributed by atoms with Gasteiger partial charge in [-0.1, -0.05) is 43.0 Å². The summed E-state index contributed by atoms with van der Waals surface area (Å²) >= 11 is 1.63. The minimum absolute atomic E-state index is 0.564. The summed E-state index contributed by atoms with van der Waals surface area (Å²) in [6, 6.07) is 17.7. The minimum atomic E-state index is 0.564. The van der Waals surface area contributed by atoms with Crippen molar-refractivity contribution in [1.29, 1.82) is 0 Å². The molecule has 0 aliphatic rings. The van der Waals surface area contributed by atoms with Crippen LogP contribution in [0.3, 0.4) is 0 Å². The average molecular weight is 366 g/mol. The zero-order valence-electron chi connectivity index (χ0n) is 15.2. The normalized spacial score (nSPS) is 10.6. The summed E-state index contributed by atoms with van der Waals surface area (Å²) < 4.78 is 11.1. The van der Waals surface area contributed by atoms with E-state index in [-0.39, 0.29) is 0 Å². The van der Waals surface area contributed by atoms with E-state index < -0.39 is 0 Å². The highest BCUT2D eigenvalue weighted by Gasteiger charge is 2.08. The number of nitrogens with zero attached hydrogens (tertiary/aromatic N) is 2. The molecule has 2 aromatic carbocycles. The molecule has 0 N–H and O–H groups in total. The topological polar surface area (TPSA) is 44.2 Å². The van der Waals surface area contributed by atoms with Crippen molar-refractivity contribution in [3.63, 3.8) is 0 Å². The van der Waals surface area contributed by atoms with Gasteiger partial charge in [0.2, 0.25) is 5.88 Å². The summed E-state index contributed by atoms with van der Waals surface area (Å²) in [5, 5.41) is 0.733. The van der Waals surface area contributed by atoms with Crippen LogP contribution in [0.1, 0.15) is 23.7 Å². The maximum absolute atomic E-state index is 5.92. The SMILES string of the molecule is CCc1cc(Oc2ccc(OC)cc2)nc(SCc2ccccc2C)n1. The molecule has 0 saturated carbocycles. The van der Waals surface area contributed by atoms with Gasteiger partial charge in [-0.2, -0.15) is 4.98 Å². The van der Waals surface area contributed by atoms with E-state index in [0.29, 0.717) is 5.88 Å². The zero-order chi connectivity index (χ0) is 18.4. The Morgan fingerprint density at radius 2 is 1.69 bits per heavy atom. The first-order valence-corrected chi connectivity index (χ1v) is 9.53. The third-order valence-electron chi connectivity index (χ3n) is 4.00. The number of aryl methyl sites for hydroxylation is 2. The first kappa shape index (κ1) is 18.3. The van der Waals surface area contributed by atoms with Crippen LogP contribution >= 0.6 is 11.8 Å². The quantitative estimate of drug-likeness (QED) is 0.411. The van der Waals surface area contributed by atoms with Crippen molar-refractivity contribution < 1.29 is 9.47 Å². The highest BCUT2D eigenvalue weighted by molar-refractivity contribution is 7.98. The van der Waals surface area contributed by atoms with Gasteiger partial charge in [0.05, 0.1) is 7.11 Å². The van der Waals surface area contributed by atoms with Crippen molar-refractivity contribution in [2.24, 2.45) is 0 Å². The molecular weight excluding hydrogens is 344 g/mol. The molecule has 3 aromatic rings. The summed E-state index contributed by atoms with van der Waals surface area (Å²) in [6.45, 7) is 4.20. The van der Waals surface area contributed by atoms with Crippen LogP contribution < -0.4 is 9.47 Å². The number of ether oxygens (including phenoxy) is 2. The van der Waals surface area contributed by atoms with E-state index in [0.717, 1.165) is 34.5 Å². The number of hydrogen-bond donors (Lipinski definition) is 0. The first-order valence-electron chi connectivity index (χ1n) is 8.55. The van der Waals surface area contributed by atoms with Crippen molar-refractivity contribution >= 4 is 11.8 Å². The molecule has 0 radical (unpaired) electrons. The number of rotatable bonds is 7. The number of methoxy groups -OCH3 is 1. The van der Waals surface area contributed by atoms with Crippen LogP contribution in [0.2, 0.25) is 0 Å². The monoisotopic (exact) mass is 366 g/mol. The summed E-state index contributed by atoms with van der Waals surface area (Å²) in [7, 11) is 1.64. The second-order valence-corrected chi connectivity index (χ2v) is 6.77. The van der Waals surface area contributed by atoms with Crippen molar-refractivity contribution in [3.8, 4) is 17.4 Å². The Morgan fingerprint density at radius 1 is 0.962 bits per heavy atom. The van der Waals surface area contributed by atoms with E-state index in [1.807, 2.05) is 30.3 Å². The molecule has 1 aromatic heterocycles. The van der Waals surface area contributed by atoms with E-state index >= 15 is 0 Å². The third kappa shape index (κ3) is 4.76. The van der Waals surface area contributed by atoms with Gasteiger partial charge >= 0.3 is 0 Å². The van der Waals surface area contributed by atoms with Gasteiger partial charge < -0.3 is 9.47 Å². The lowest BCUT2D eigenvalue weighted by Gasteiger charge is -2.09. The average Bonchev–Trinajstić information content (AvgIpc) is 2.68. The van der Waals surface area contributed by atoms with E-state index in [9.17, 15) is 0 Å². The molecule has 134 valence electrons. The molecule has 0 bridgehead atoms. The van der Waals surface area contributed by atoms with E-state index in [4.69, 9.17) is 9.47 Å². The Bertz CT molecular complexity index is 866. The van der Waals surface area contributed by atoms with Gasteiger partial charge in [-0.05, 0) is 48.7 Å². The number of hydrogen-bond acceptors (Lipinski definition) is 5. The second kappa shape index (κ2) is 8.72. The van der Waals surface area contributed by atoms with E-state index in [2.05, 4.69) is 48.1 Å². The van der Waals surface area contributed by atoms with Crippen molar-refractivity contribution in [3.05, 3.63) is 71.4 Å². The lowest BCUT2D eigenvalue weighted by Crippen LogP contribution is -1.98. The maximum atomic E-state index is 5.92. The van der Waals surface area contributed by atoms with Crippen LogP contribution in [0.25, 0.3) is 0 Å². The van der Waals surface area contributed by atoms with Gasteiger partial charge in [0.25, 0.3) is 0 Å². The zero-order valence-corrected chi connectivity index (χ0v) is 16.0. The number of thioether (sulfide) groups is 1. The minimum Gasteiger partial charge on any atom is -0.497 e. The van der Waals surface area contributed by atoms with Gasteiger partial charge in [0, 0.05) is 17.5 Å². The Morgan fingerprint density at radius 3 is 2.38 bits per heavy atom. The molecular formula is C21H22N2O2S. The van der Waals surface area contributed by atoms with Crippen LogP contribution in [-0.2, 0) is 12.2 Å². The van der Waals surface area contributed by atoms with Crippen LogP contribution in [0, 0.1) is 6.92 Å². The summed E-state index contributed by atoms with van der Waals surface area (Å²) in [5.74, 6) is 2.92. The standard InChI is InChI=1S/C21H22N2O2S/c1-4-17-13-20(25-19-11-9-18(24-3)10-12-19)23-21(22-17)26-14-16-8-6-5-7-15(16)2/h5-13H,4,14H2,1-3H3. The summed E-state index contributed by atoms with van der Waals surface area (Å²) in [6.07, 6.45) is 0.833. The van der Waals surface area contributed by atoms with Crippen molar-refractivity contribution in [2.45, 2.75) is 31.2 Å². The van der Waals surface area contributed by atoms with Crippen molar-refractivity contribution in [2.75, 3.05) is 7.11 Å². The Kier molecular flexibility index (Phi) is 6.12. The van der Waals surface area contributed by atoms with Crippen LogP contribution in [0.5, 0.6) is 17.4 Å². The molecule has 0 atom stereocenters. The molecule has 0 fully saturated rings. The van der Waals surface area contributed by atoms with Crippen LogP contribution in [0.15, 0.2) is 59.8 Å². The van der Waals surface area contributed by atoms with Gasteiger partial charge in [-0.3, -0.25) is 0 Å². The Labute approximate surface area is 158 Å². The molecule has 1 heterocycles.